The summed E-state index contributed by atoms with van der Waals surface area (Å²) >= 11 is 0. The Balaban J connectivity index is 2.42. The van der Waals surface area contributed by atoms with Crippen LogP contribution in [0.2, 0.25) is 0 Å². The molecule has 1 atom stereocenters. The maximum Gasteiger partial charge on any atom is 0.294 e. The summed E-state index contributed by atoms with van der Waals surface area (Å²) in [5.41, 5.74) is 0.765. The van der Waals surface area contributed by atoms with Crippen molar-refractivity contribution < 1.29 is 13.0 Å². The van der Waals surface area contributed by atoms with E-state index in [-0.39, 0.29) is 10.8 Å². The first-order valence-corrected chi connectivity index (χ1v) is 11.9. The maximum absolute atomic E-state index is 11.7. The van der Waals surface area contributed by atoms with E-state index in [1.165, 1.54) is 63.9 Å². The lowest BCUT2D eigenvalue weighted by Crippen LogP contribution is -2.12. The van der Waals surface area contributed by atoms with E-state index in [4.69, 9.17) is 0 Å². The van der Waals surface area contributed by atoms with Crippen molar-refractivity contribution in [2.75, 3.05) is 0 Å². The Morgan fingerprint density at radius 2 is 1.35 bits per heavy atom. The summed E-state index contributed by atoms with van der Waals surface area (Å²) in [5.74, 6) is 0.513. The minimum Gasteiger partial charge on any atom is -0.282 e. The van der Waals surface area contributed by atoms with Crippen LogP contribution in [0, 0.1) is 5.92 Å². The monoisotopic (exact) mass is 382 g/mol. The molecule has 0 fully saturated rings. The minimum atomic E-state index is -4.16. The van der Waals surface area contributed by atoms with Gasteiger partial charge >= 0.3 is 0 Å². The van der Waals surface area contributed by atoms with Crippen LogP contribution in [0.3, 0.4) is 0 Å². The lowest BCUT2D eigenvalue weighted by molar-refractivity contribution is 0.430. The molecule has 1 N–H and O–H groups in total. The molecule has 150 valence electrons. The van der Waals surface area contributed by atoms with Crippen LogP contribution in [0.4, 0.5) is 0 Å². The Hall–Kier alpha value is -0.870. The molecule has 4 heteroatoms. The Kier molecular flexibility index (Phi) is 11.1. The van der Waals surface area contributed by atoms with Gasteiger partial charge in [-0.2, -0.15) is 8.42 Å². The van der Waals surface area contributed by atoms with Crippen molar-refractivity contribution in [1.29, 1.82) is 0 Å². The SMILES string of the molecule is CCCCCCCCCCCCC(c1ccccc1S(=O)(=O)O)C(C)C. The first kappa shape index (κ1) is 23.2. The van der Waals surface area contributed by atoms with E-state index in [0.29, 0.717) is 5.92 Å². The Labute approximate surface area is 161 Å². The molecule has 0 spiro atoms. The third-order valence-electron chi connectivity index (χ3n) is 5.27. The van der Waals surface area contributed by atoms with Crippen molar-refractivity contribution in [2.45, 2.75) is 102 Å². The number of benzene rings is 1. The molecule has 0 aliphatic heterocycles. The lowest BCUT2D eigenvalue weighted by Gasteiger charge is -2.23. The van der Waals surface area contributed by atoms with Gasteiger partial charge in [0.2, 0.25) is 0 Å². The quantitative estimate of drug-likeness (QED) is 0.279. The molecule has 1 aromatic carbocycles. The van der Waals surface area contributed by atoms with Gasteiger partial charge in [-0.05, 0) is 29.9 Å². The van der Waals surface area contributed by atoms with Crippen LogP contribution in [-0.2, 0) is 10.1 Å². The van der Waals surface area contributed by atoms with Gasteiger partial charge in [0, 0.05) is 0 Å². The fourth-order valence-electron chi connectivity index (χ4n) is 3.72. The molecule has 0 aliphatic rings. The lowest BCUT2D eigenvalue weighted by atomic mass is 9.84. The predicted molar refractivity (Wildman–Crippen MR) is 110 cm³/mol. The van der Waals surface area contributed by atoms with E-state index in [1.54, 1.807) is 6.07 Å². The maximum atomic E-state index is 11.7. The number of hydrogen-bond donors (Lipinski definition) is 1. The second-order valence-corrected chi connectivity index (χ2v) is 9.22. The summed E-state index contributed by atoms with van der Waals surface area (Å²) < 4.78 is 32.9. The molecule has 0 radical (unpaired) electrons. The zero-order chi connectivity index (χ0) is 19.4. The minimum absolute atomic E-state index is 0.0748. The topological polar surface area (TPSA) is 54.4 Å². The van der Waals surface area contributed by atoms with Crippen LogP contribution in [0.1, 0.15) is 103 Å². The molecule has 0 heterocycles. The zero-order valence-electron chi connectivity index (χ0n) is 16.9. The Morgan fingerprint density at radius 1 is 0.846 bits per heavy atom. The van der Waals surface area contributed by atoms with E-state index >= 15 is 0 Å². The summed E-state index contributed by atoms with van der Waals surface area (Å²) in [4.78, 5) is 0.0748. The number of rotatable bonds is 14. The zero-order valence-corrected chi connectivity index (χ0v) is 17.7. The fourth-order valence-corrected chi connectivity index (χ4v) is 4.49. The van der Waals surface area contributed by atoms with Crippen molar-refractivity contribution >= 4 is 10.1 Å². The summed E-state index contributed by atoms with van der Waals surface area (Å²) in [6, 6.07) is 6.89. The highest BCUT2D eigenvalue weighted by atomic mass is 32.2. The van der Waals surface area contributed by atoms with E-state index in [1.807, 2.05) is 12.1 Å². The van der Waals surface area contributed by atoms with Crippen molar-refractivity contribution in [2.24, 2.45) is 5.92 Å². The fraction of sp³-hybridized carbons (Fsp3) is 0.727. The van der Waals surface area contributed by atoms with Crippen LogP contribution >= 0.6 is 0 Å². The van der Waals surface area contributed by atoms with Gasteiger partial charge in [-0.3, -0.25) is 4.55 Å². The van der Waals surface area contributed by atoms with Crippen LogP contribution in [0.25, 0.3) is 0 Å². The molecule has 1 rings (SSSR count). The first-order valence-electron chi connectivity index (χ1n) is 10.4. The number of hydrogen-bond acceptors (Lipinski definition) is 2. The summed E-state index contributed by atoms with van der Waals surface area (Å²) in [6.07, 6.45) is 14.0. The van der Waals surface area contributed by atoms with Crippen molar-refractivity contribution in [3.8, 4) is 0 Å². The molecule has 0 aromatic heterocycles. The van der Waals surface area contributed by atoms with E-state index in [0.717, 1.165) is 18.4 Å². The van der Waals surface area contributed by atoms with Gasteiger partial charge in [-0.25, -0.2) is 0 Å². The highest BCUT2D eigenvalue weighted by Gasteiger charge is 2.23. The third kappa shape index (κ3) is 8.68. The molecule has 26 heavy (non-hydrogen) atoms. The van der Waals surface area contributed by atoms with Crippen molar-refractivity contribution in [3.63, 3.8) is 0 Å². The van der Waals surface area contributed by atoms with Crippen LogP contribution < -0.4 is 0 Å². The first-order chi connectivity index (χ1) is 12.4. The van der Waals surface area contributed by atoms with Crippen LogP contribution in [0.5, 0.6) is 0 Å². The van der Waals surface area contributed by atoms with Gasteiger partial charge < -0.3 is 0 Å². The van der Waals surface area contributed by atoms with E-state index < -0.39 is 10.1 Å². The van der Waals surface area contributed by atoms with Crippen LogP contribution in [-0.4, -0.2) is 13.0 Å². The third-order valence-corrected chi connectivity index (χ3v) is 6.20. The molecule has 1 unspecified atom stereocenters. The second-order valence-electron chi connectivity index (χ2n) is 7.83. The van der Waals surface area contributed by atoms with E-state index in [9.17, 15) is 13.0 Å². The largest absolute Gasteiger partial charge is 0.294 e. The molecule has 0 bridgehead atoms. The summed E-state index contributed by atoms with van der Waals surface area (Å²) in [5, 5.41) is 0. The van der Waals surface area contributed by atoms with Crippen LogP contribution in [0.15, 0.2) is 29.2 Å². The Bertz CT molecular complexity index is 593. The van der Waals surface area contributed by atoms with Gasteiger partial charge in [0.1, 0.15) is 0 Å². The average Bonchev–Trinajstić information content (AvgIpc) is 2.59. The molecule has 0 saturated heterocycles. The molecule has 0 aliphatic carbocycles. The van der Waals surface area contributed by atoms with E-state index in [2.05, 4.69) is 20.8 Å². The highest BCUT2D eigenvalue weighted by Crippen LogP contribution is 2.34. The van der Waals surface area contributed by atoms with Gasteiger partial charge in [0.05, 0.1) is 4.90 Å². The average molecular weight is 383 g/mol. The normalized spacial score (nSPS) is 13.3. The Morgan fingerprint density at radius 3 is 1.85 bits per heavy atom. The number of unbranched alkanes of at least 4 members (excludes halogenated alkanes) is 9. The van der Waals surface area contributed by atoms with Gasteiger partial charge in [-0.15, -0.1) is 0 Å². The second kappa shape index (κ2) is 12.5. The molecule has 3 nitrogen and oxygen atoms in total. The summed E-state index contributed by atoms with van der Waals surface area (Å²) in [7, 11) is -4.16. The predicted octanol–water partition coefficient (Wildman–Crippen LogP) is 6.98. The molecule has 0 amide bonds. The highest BCUT2D eigenvalue weighted by molar-refractivity contribution is 7.85. The molecular weight excluding hydrogens is 344 g/mol. The standard InChI is InChI=1S/C22H38O3S/c1-4-5-6-7-8-9-10-11-12-13-16-20(19(2)3)21-17-14-15-18-22(21)26(23,24)25/h14-15,17-20H,4-13,16H2,1-3H3,(H,23,24,25). The smallest absolute Gasteiger partial charge is 0.282 e. The van der Waals surface area contributed by atoms with Crippen molar-refractivity contribution in [1.82, 2.24) is 0 Å². The van der Waals surface area contributed by atoms with Gasteiger partial charge in [-0.1, -0.05) is 103 Å². The molecule has 0 saturated carbocycles. The molecular formula is C22H38O3S. The molecule has 1 aromatic rings. The summed E-state index contributed by atoms with van der Waals surface area (Å²) in [6.45, 7) is 6.50. The van der Waals surface area contributed by atoms with Gasteiger partial charge in [0.15, 0.2) is 0 Å². The van der Waals surface area contributed by atoms with Crippen molar-refractivity contribution in [3.05, 3.63) is 29.8 Å². The van der Waals surface area contributed by atoms with Gasteiger partial charge in [0.25, 0.3) is 10.1 Å².